The van der Waals surface area contributed by atoms with Crippen molar-refractivity contribution in [2.45, 2.75) is 13.8 Å². The van der Waals surface area contributed by atoms with E-state index in [9.17, 15) is 9.18 Å². The van der Waals surface area contributed by atoms with E-state index in [2.05, 4.69) is 11.9 Å². The molecule has 1 rings (SSSR count). The maximum Gasteiger partial charge on any atom is 0.254 e. The third-order valence-electron chi connectivity index (χ3n) is 2.16. The molecular weight excluding hydrogens is 193 g/mol. The Kier molecular flexibility index (Phi) is 3.61. The van der Waals surface area contributed by atoms with Gasteiger partial charge < -0.3 is 5.32 Å². The van der Waals surface area contributed by atoms with Gasteiger partial charge in [0.05, 0.1) is 5.56 Å². The van der Waals surface area contributed by atoms with E-state index in [1.807, 2.05) is 0 Å². The molecule has 80 valence electrons. The van der Waals surface area contributed by atoms with Crippen molar-refractivity contribution < 1.29 is 9.18 Å². The van der Waals surface area contributed by atoms with E-state index in [0.29, 0.717) is 6.54 Å². The van der Waals surface area contributed by atoms with Gasteiger partial charge in [-0.05, 0) is 37.1 Å². The van der Waals surface area contributed by atoms with E-state index in [1.165, 1.54) is 12.1 Å². The number of amides is 1. The lowest BCUT2D eigenvalue weighted by atomic mass is 10.0. The molecule has 0 saturated heterocycles. The molecule has 3 heteroatoms. The van der Waals surface area contributed by atoms with Gasteiger partial charge in [0, 0.05) is 6.54 Å². The highest BCUT2D eigenvalue weighted by Gasteiger charge is 2.12. The summed E-state index contributed by atoms with van der Waals surface area (Å²) < 4.78 is 13.4. The van der Waals surface area contributed by atoms with Crippen LogP contribution in [0.1, 0.15) is 28.4 Å². The third kappa shape index (κ3) is 2.43. The Morgan fingerprint density at radius 3 is 2.80 bits per heavy atom. The summed E-state index contributed by atoms with van der Waals surface area (Å²) in [7, 11) is 0. The Balaban J connectivity index is 3.18. The van der Waals surface area contributed by atoms with Crippen LogP contribution in [0, 0.1) is 12.7 Å². The SMILES string of the molecule is C=Cc1cc(C(=O)NCC)c(F)cc1C. The van der Waals surface area contributed by atoms with Crippen molar-refractivity contribution in [2.75, 3.05) is 6.54 Å². The molecule has 0 fully saturated rings. The summed E-state index contributed by atoms with van der Waals surface area (Å²) in [6, 6.07) is 2.87. The Labute approximate surface area is 88.8 Å². The molecule has 1 amide bonds. The van der Waals surface area contributed by atoms with E-state index in [4.69, 9.17) is 0 Å². The predicted octanol–water partition coefficient (Wildman–Crippen LogP) is 2.53. The van der Waals surface area contributed by atoms with Gasteiger partial charge >= 0.3 is 0 Å². The molecule has 2 nitrogen and oxygen atoms in total. The maximum atomic E-state index is 13.4. The van der Waals surface area contributed by atoms with E-state index >= 15 is 0 Å². The summed E-state index contributed by atoms with van der Waals surface area (Å²) in [5, 5.41) is 2.56. The van der Waals surface area contributed by atoms with Crippen LogP contribution in [0.5, 0.6) is 0 Å². The zero-order valence-electron chi connectivity index (χ0n) is 8.93. The lowest BCUT2D eigenvalue weighted by Gasteiger charge is -2.07. The van der Waals surface area contributed by atoms with Gasteiger partial charge in [0.1, 0.15) is 5.82 Å². The van der Waals surface area contributed by atoms with Crippen LogP contribution in [0.3, 0.4) is 0 Å². The van der Waals surface area contributed by atoms with Crippen LogP contribution in [0.15, 0.2) is 18.7 Å². The van der Waals surface area contributed by atoms with Crippen molar-refractivity contribution in [3.05, 3.63) is 41.2 Å². The van der Waals surface area contributed by atoms with Crippen molar-refractivity contribution in [2.24, 2.45) is 0 Å². The number of nitrogens with one attached hydrogen (secondary N) is 1. The minimum absolute atomic E-state index is 0.0670. The van der Waals surface area contributed by atoms with Gasteiger partial charge in [-0.25, -0.2) is 4.39 Å². The smallest absolute Gasteiger partial charge is 0.254 e. The number of hydrogen-bond acceptors (Lipinski definition) is 1. The van der Waals surface area contributed by atoms with E-state index in [1.54, 1.807) is 19.9 Å². The first-order valence-electron chi connectivity index (χ1n) is 4.81. The van der Waals surface area contributed by atoms with Gasteiger partial charge in [0.25, 0.3) is 5.91 Å². The largest absolute Gasteiger partial charge is 0.352 e. The summed E-state index contributed by atoms with van der Waals surface area (Å²) in [4.78, 5) is 11.5. The van der Waals surface area contributed by atoms with Crippen LogP contribution in [0.25, 0.3) is 6.08 Å². The van der Waals surface area contributed by atoms with Crippen molar-refractivity contribution in [1.82, 2.24) is 5.32 Å². The predicted molar refractivity (Wildman–Crippen MR) is 59.2 cm³/mol. The number of benzene rings is 1. The Morgan fingerprint density at radius 2 is 2.27 bits per heavy atom. The first-order chi connectivity index (χ1) is 7.10. The fourth-order valence-corrected chi connectivity index (χ4v) is 1.34. The number of hydrogen-bond donors (Lipinski definition) is 1. The monoisotopic (exact) mass is 207 g/mol. The standard InChI is InChI=1S/C12H14FNO/c1-4-9-7-10(12(15)14-5-2)11(13)6-8(9)3/h4,6-7H,1,5H2,2-3H3,(H,14,15). The lowest BCUT2D eigenvalue weighted by molar-refractivity contribution is 0.0952. The van der Waals surface area contributed by atoms with Crippen LogP contribution in [0.2, 0.25) is 0 Å². The molecule has 0 spiro atoms. The first-order valence-corrected chi connectivity index (χ1v) is 4.81. The van der Waals surface area contributed by atoms with Gasteiger partial charge in [0.15, 0.2) is 0 Å². The van der Waals surface area contributed by atoms with Crippen molar-refractivity contribution >= 4 is 12.0 Å². The molecular formula is C12H14FNO. The molecule has 0 bridgehead atoms. The zero-order valence-corrected chi connectivity index (χ0v) is 8.93. The molecule has 0 atom stereocenters. The summed E-state index contributed by atoms with van der Waals surface area (Å²) in [6.45, 7) is 7.66. The molecule has 0 aliphatic heterocycles. The molecule has 0 aliphatic carbocycles. The van der Waals surface area contributed by atoms with Crippen LogP contribution in [-0.4, -0.2) is 12.5 Å². The molecule has 1 aromatic carbocycles. The van der Waals surface area contributed by atoms with Crippen LogP contribution >= 0.6 is 0 Å². The van der Waals surface area contributed by atoms with Crippen LogP contribution in [-0.2, 0) is 0 Å². The summed E-state index contributed by atoms with van der Waals surface area (Å²) in [5.74, 6) is -0.887. The van der Waals surface area contributed by atoms with Crippen molar-refractivity contribution in [3.8, 4) is 0 Å². The van der Waals surface area contributed by atoms with Gasteiger partial charge in [-0.3, -0.25) is 4.79 Å². The number of rotatable bonds is 3. The maximum absolute atomic E-state index is 13.4. The number of aryl methyl sites for hydroxylation is 1. The summed E-state index contributed by atoms with van der Waals surface area (Å²) in [6.07, 6.45) is 1.61. The molecule has 0 aliphatic rings. The molecule has 1 N–H and O–H groups in total. The van der Waals surface area contributed by atoms with Gasteiger partial charge in [0.2, 0.25) is 0 Å². The molecule has 15 heavy (non-hydrogen) atoms. The highest BCUT2D eigenvalue weighted by atomic mass is 19.1. The topological polar surface area (TPSA) is 29.1 Å². The number of carbonyl (C=O) groups excluding carboxylic acids is 1. The molecule has 0 radical (unpaired) electrons. The van der Waals surface area contributed by atoms with Crippen LogP contribution in [0.4, 0.5) is 4.39 Å². The van der Waals surface area contributed by atoms with Crippen molar-refractivity contribution in [3.63, 3.8) is 0 Å². The van der Waals surface area contributed by atoms with E-state index in [-0.39, 0.29) is 5.56 Å². The first kappa shape index (κ1) is 11.4. The van der Waals surface area contributed by atoms with Crippen LogP contribution < -0.4 is 5.32 Å². The van der Waals surface area contributed by atoms with Crippen molar-refractivity contribution in [1.29, 1.82) is 0 Å². The lowest BCUT2D eigenvalue weighted by Crippen LogP contribution is -2.23. The van der Waals surface area contributed by atoms with Gasteiger partial charge in [-0.15, -0.1) is 0 Å². The fourth-order valence-electron chi connectivity index (χ4n) is 1.34. The number of halogens is 1. The molecule has 0 saturated carbocycles. The molecule has 0 unspecified atom stereocenters. The van der Waals surface area contributed by atoms with E-state index < -0.39 is 11.7 Å². The Hall–Kier alpha value is -1.64. The Morgan fingerprint density at radius 1 is 1.60 bits per heavy atom. The minimum Gasteiger partial charge on any atom is -0.352 e. The Bertz CT molecular complexity index is 399. The van der Waals surface area contributed by atoms with Gasteiger partial charge in [-0.1, -0.05) is 12.7 Å². The summed E-state index contributed by atoms with van der Waals surface area (Å²) >= 11 is 0. The van der Waals surface area contributed by atoms with Gasteiger partial charge in [-0.2, -0.15) is 0 Å². The molecule has 1 aromatic rings. The quantitative estimate of drug-likeness (QED) is 0.810. The molecule has 0 aromatic heterocycles. The highest BCUT2D eigenvalue weighted by molar-refractivity contribution is 5.95. The second-order valence-corrected chi connectivity index (χ2v) is 3.25. The normalized spacial score (nSPS) is 9.80. The highest BCUT2D eigenvalue weighted by Crippen LogP contribution is 2.16. The third-order valence-corrected chi connectivity index (χ3v) is 2.16. The average Bonchev–Trinajstić information content (AvgIpc) is 2.18. The summed E-state index contributed by atoms with van der Waals surface area (Å²) in [5.41, 5.74) is 1.62. The second-order valence-electron chi connectivity index (χ2n) is 3.25. The number of carbonyl (C=O) groups is 1. The molecule has 0 heterocycles. The second kappa shape index (κ2) is 4.73. The van der Waals surface area contributed by atoms with E-state index in [0.717, 1.165) is 11.1 Å². The fraction of sp³-hybridized carbons (Fsp3) is 0.250. The minimum atomic E-state index is -0.496. The zero-order chi connectivity index (χ0) is 11.4. The average molecular weight is 207 g/mol.